The van der Waals surface area contributed by atoms with Crippen LogP contribution in [0.5, 0.6) is 5.88 Å². The molecule has 4 aromatic rings. The fourth-order valence-electron chi connectivity index (χ4n) is 4.86. The van der Waals surface area contributed by atoms with Gasteiger partial charge in [-0.3, -0.25) is 9.78 Å². The van der Waals surface area contributed by atoms with Crippen LogP contribution in [0.4, 0.5) is 4.79 Å². The van der Waals surface area contributed by atoms with Crippen molar-refractivity contribution in [2.75, 3.05) is 6.61 Å². The number of carbonyl (C=O) groups is 2. The first-order chi connectivity index (χ1) is 19.8. The number of carbonyl (C=O) groups excluding carboxylic acids is 2. The number of rotatable bonds is 6. The number of nitriles is 1. The number of hydrogen-bond acceptors (Lipinski definition) is 8. The van der Waals surface area contributed by atoms with Gasteiger partial charge in [-0.2, -0.15) is 10.4 Å². The van der Waals surface area contributed by atoms with Gasteiger partial charge >= 0.3 is 12.0 Å². The fraction of sp³-hybridized carbons (Fsp3) is 0.133. The van der Waals surface area contributed by atoms with Gasteiger partial charge < -0.3 is 20.5 Å². The van der Waals surface area contributed by atoms with Crippen molar-refractivity contribution in [1.29, 1.82) is 5.26 Å². The lowest BCUT2D eigenvalue weighted by molar-refractivity contribution is -0.139. The molecule has 0 saturated heterocycles. The van der Waals surface area contributed by atoms with Crippen molar-refractivity contribution in [3.05, 3.63) is 99.6 Å². The number of benzene rings is 2. The molecule has 2 aromatic carbocycles. The van der Waals surface area contributed by atoms with Gasteiger partial charge in [0.1, 0.15) is 17.3 Å². The molecule has 0 bridgehead atoms. The molecule has 0 aliphatic carbocycles. The smallest absolute Gasteiger partial charge is 0.338 e. The molecule has 1 aliphatic rings. The van der Waals surface area contributed by atoms with Crippen LogP contribution in [0.1, 0.15) is 31.0 Å². The number of allylic oxidation sites excluding steroid dienone is 1. The highest BCUT2D eigenvalue weighted by molar-refractivity contribution is 5.96. The number of esters is 1. The summed E-state index contributed by atoms with van der Waals surface area (Å²) in [6, 6.07) is 18.2. The lowest BCUT2D eigenvalue weighted by atomic mass is 9.90. The Morgan fingerprint density at radius 1 is 1.05 bits per heavy atom. The Morgan fingerprint density at radius 3 is 2.46 bits per heavy atom. The standard InChI is InChI=1S/C30H24N6O5/c1-3-41-29(39)22-16(2)33-30(40)34-26(22)19-11-9-18(10-12-19)25-20(13-14-32-36-25)24-23(17-7-5-4-6-8-17)21(15-31)27(37)35-28(24)38/h4-14,26H,3H2,1-2H3,(H2,33,34,40)(H2,35,37,38). The van der Waals surface area contributed by atoms with E-state index in [-0.39, 0.29) is 28.9 Å². The fourth-order valence-corrected chi connectivity index (χ4v) is 4.86. The lowest BCUT2D eigenvalue weighted by Crippen LogP contribution is -2.45. The molecule has 0 saturated carbocycles. The molecule has 5 rings (SSSR count). The normalized spacial score (nSPS) is 14.6. The first kappa shape index (κ1) is 26.8. The topological polar surface area (TPSA) is 170 Å². The molecular formula is C30H24N6O5. The van der Waals surface area contributed by atoms with Gasteiger partial charge in [0.25, 0.3) is 5.56 Å². The van der Waals surface area contributed by atoms with Crippen LogP contribution in [0.15, 0.2) is 82.9 Å². The van der Waals surface area contributed by atoms with Crippen molar-refractivity contribution >= 4 is 12.0 Å². The second-order valence-corrected chi connectivity index (χ2v) is 9.11. The van der Waals surface area contributed by atoms with Crippen molar-refractivity contribution in [2.45, 2.75) is 19.9 Å². The third-order valence-corrected chi connectivity index (χ3v) is 6.64. The molecule has 1 aliphatic heterocycles. The number of pyridine rings is 1. The molecule has 11 nitrogen and oxygen atoms in total. The first-order valence-electron chi connectivity index (χ1n) is 12.7. The monoisotopic (exact) mass is 548 g/mol. The molecule has 41 heavy (non-hydrogen) atoms. The van der Waals surface area contributed by atoms with Crippen molar-refractivity contribution in [2.24, 2.45) is 0 Å². The predicted molar refractivity (Wildman–Crippen MR) is 149 cm³/mol. The van der Waals surface area contributed by atoms with E-state index in [1.807, 2.05) is 6.07 Å². The third kappa shape index (κ3) is 5.02. The second kappa shape index (κ2) is 11.2. The van der Waals surface area contributed by atoms with Crippen molar-refractivity contribution in [1.82, 2.24) is 25.8 Å². The number of hydrogen-bond donors (Lipinski definition) is 4. The molecule has 1 atom stereocenters. The van der Waals surface area contributed by atoms with Crippen LogP contribution in [-0.2, 0) is 9.53 Å². The minimum absolute atomic E-state index is 0.155. The van der Waals surface area contributed by atoms with Crippen LogP contribution in [-0.4, -0.2) is 38.9 Å². The lowest BCUT2D eigenvalue weighted by Gasteiger charge is -2.28. The molecular weight excluding hydrogens is 524 g/mol. The first-order valence-corrected chi connectivity index (χ1v) is 12.7. The number of H-pyrrole nitrogens is 1. The Morgan fingerprint density at radius 2 is 1.78 bits per heavy atom. The van der Waals surface area contributed by atoms with Gasteiger partial charge in [-0.25, -0.2) is 9.59 Å². The number of urea groups is 1. The van der Waals surface area contributed by atoms with Gasteiger partial charge in [0.15, 0.2) is 5.88 Å². The molecule has 2 aromatic heterocycles. The maximum Gasteiger partial charge on any atom is 0.338 e. The Balaban J connectivity index is 1.63. The summed E-state index contributed by atoms with van der Waals surface area (Å²) in [6.07, 6.45) is 1.45. The molecule has 0 radical (unpaired) electrons. The van der Waals surface area contributed by atoms with Gasteiger partial charge in [-0.1, -0.05) is 54.6 Å². The Labute approximate surface area is 234 Å². The molecule has 0 fully saturated rings. The van der Waals surface area contributed by atoms with Crippen molar-refractivity contribution in [3.63, 3.8) is 0 Å². The summed E-state index contributed by atoms with van der Waals surface area (Å²) in [6.45, 7) is 3.52. The Bertz CT molecular complexity index is 1790. The maximum absolute atomic E-state index is 12.7. The summed E-state index contributed by atoms with van der Waals surface area (Å²) in [4.78, 5) is 39.9. The number of nitrogens with zero attached hydrogens (tertiary/aromatic N) is 3. The zero-order valence-corrected chi connectivity index (χ0v) is 22.1. The molecule has 1 unspecified atom stereocenters. The summed E-state index contributed by atoms with van der Waals surface area (Å²) >= 11 is 0. The average Bonchev–Trinajstić information content (AvgIpc) is 2.97. The predicted octanol–water partition coefficient (Wildman–Crippen LogP) is 3.93. The number of aromatic amines is 1. The van der Waals surface area contributed by atoms with Gasteiger partial charge in [-0.15, -0.1) is 5.10 Å². The second-order valence-electron chi connectivity index (χ2n) is 9.11. The van der Waals surface area contributed by atoms with Gasteiger partial charge in [0.05, 0.1) is 30.0 Å². The number of aromatic nitrogens is 3. The van der Waals surface area contributed by atoms with Crippen LogP contribution in [0, 0.1) is 11.3 Å². The number of aromatic hydroxyl groups is 1. The van der Waals surface area contributed by atoms with Gasteiger partial charge in [0, 0.05) is 22.4 Å². The zero-order chi connectivity index (χ0) is 29.1. The maximum atomic E-state index is 12.7. The quantitative estimate of drug-likeness (QED) is 0.263. The highest BCUT2D eigenvalue weighted by Gasteiger charge is 2.32. The van der Waals surface area contributed by atoms with E-state index in [0.717, 1.165) is 0 Å². The number of amides is 2. The average molecular weight is 549 g/mol. The Hall–Kier alpha value is -5.76. The molecule has 204 valence electrons. The highest BCUT2D eigenvalue weighted by Crippen LogP contribution is 2.42. The molecule has 3 heterocycles. The molecule has 0 spiro atoms. The van der Waals surface area contributed by atoms with Crippen LogP contribution in [0.25, 0.3) is 33.5 Å². The van der Waals surface area contributed by atoms with E-state index in [2.05, 4.69) is 25.8 Å². The van der Waals surface area contributed by atoms with Crippen molar-refractivity contribution in [3.8, 4) is 45.5 Å². The van der Waals surface area contributed by atoms with Gasteiger partial charge in [0.2, 0.25) is 0 Å². The molecule has 11 heteroatoms. The number of nitrogens with one attached hydrogen (secondary N) is 3. The minimum Gasteiger partial charge on any atom is -0.494 e. The highest BCUT2D eigenvalue weighted by atomic mass is 16.5. The van der Waals surface area contributed by atoms with Crippen LogP contribution >= 0.6 is 0 Å². The van der Waals surface area contributed by atoms with E-state index in [9.17, 15) is 24.8 Å². The van der Waals surface area contributed by atoms with E-state index < -0.39 is 29.5 Å². The van der Waals surface area contributed by atoms with Crippen LogP contribution in [0.2, 0.25) is 0 Å². The van der Waals surface area contributed by atoms with Crippen molar-refractivity contribution < 1.29 is 19.4 Å². The van der Waals surface area contributed by atoms with E-state index in [4.69, 9.17) is 4.74 Å². The molecule has 4 N–H and O–H groups in total. The van der Waals surface area contributed by atoms with Crippen LogP contribution in [0.3, 0.4) is 0 Å². The largest absolute Gasteiger partial charge is 0.494 e. The summed E-state index contributed by atoms with van der Waals surface area (Å²) in [5.41, 5.74) is 2.87. The molecule has 2 amide bonds. The summed E-state index contributed by atoms with van der Waals surface area (Å²) < 4.78 is 5.20. The van der Waals surface area contributed by atoms with E-state index in [0.29, 0.717) is 33.6 Å². The Kier molecular flexibility index (Phi) is 7.30. The van der Waals surface area contributed by atoms with Gasteiger partial charge in [-0.05, 0) is 31.0 Å². The summed E-state index contributed by atoms with van der Waals surface area (Å²) in [5.74, 6) is -0.964. The van der Waals surface area contributed by atoms with E-state index >= 15 is 0 Å². The number of ether oxygens (including phenoxy) is 1. The zero-order valence-electron chi connectivity index (χ0n) is 22.1. The summed E-state index contributed by atoms with van der Waals surface area (Å²) in [5, 5.41) is 34.5. The summed E-state index contributed by atoms with van der Waals surface area (Å²) in [7, 11) is 0. The third-order valence-electron chi connectivity index (χ3n) is 6.64. The van der Waals surface area contributed by atoms with Crippen LogP contribution < -0.4 is 16.2 Å². The minimum atomic E-state index is -0.746. The van der Waals surface area contributed by atoms with E-state index in [1.165, 1.54) is 6.20 Å². The van der Waals surface area contributed by atoms with E-state index in [1.54, 1.807) is 74.5 Å². The SMILES string of the molecule is CCOC(=O)C1=C(C)NC(=O)NC1c1ccc(-c2nnccc2-c2c(O)[nH]c(=O)c(C#N)c2-c2ccccc2)cc1.